The predicted octanol–water partition coefficient (Wildman–Crippen LogP) is 1.02. The molecule has 0 radical (unpaired) electrons. The van der Waals surface area contributed by atoms with Gasteiger partial charge in [-0.3, -0.25) is 0 Å². The minimum atomic E-state index is -0.177. The number of rotatable bonds is 2. The van der Waals surface area contributed by atoms with Crippen molar-refractivity contribution in [2.75, 3.05) is 26.4 Å². The molecule has 2 saturated heterocycles. The zero-order valence-corrected chi connectivity index (χ0v) is 7.83. The topological polar surface area (TPSA) is 35.5 Å². The maximum atomic E-state index is 11.1. The Bertz CT molecular complexity index is 179. The van der Waals surface area contributed by atoms with E-state index in [1.165, 1.54) is 0 Å². The van der Waals surface area contributed by atoms with Crippen molar-refractivity contribution in [3.8, 4) is 0 Å². The van der Waals surface area contributed by atoms with Gasteiger partial charge in [-0.15, -0.1) is 0 Å². The smallest absolute Gasteiger partial charge is 0.128 e. The largest absolute Gasteiger partial charge is 0.381 e. The summed E-state index contributed by atoms with van der Waals surface area (Å²) in [6.45, 7) is 2.98. The monoisotopic (exact) mass is 184 g/mol. The molecule has 0 N–H and O–H groups in total. The van der Waals surface area contributed by atoms with Crippen LogP contribution in [-0.2, 0) is 14.3 Å². The van der Waals surface area contributed by atoms with Gasteiger partial charge in [-0.1, -0.05) is 0 Å². The molecule has 3 heteroatoms. The molecule has 2 rings (SSSR count). The van der Waals surface area contributed by atoms with Gasteiger partial charge in [0.15, 0.2) is 0 Å². The molecule has 0 spiro atoms. The van der Waals surface area contributed by atoms with Crippen molar-refractivity contribution in [2.45, 2.75) is 19.3 Å². The second kappa shape index (κ2) is 3.76. The van der Waals surface area contributed by atoms with E-state index in [1.54, 1.807) is 0 Å². The summed E-state index contributed by atoms with van der Waals surface area (Å²) in [5.41, 5.74) is -0.177. The molecule has 0 saturated carbocycles. The minimum Gasteiger partial charge on any atom is -0.381 e. The summed E-state index contributed by atoms with van der Waals surface area (Å²) in [5, 5.41) is 0. The lowest BCUT2D eigenvalue weighted by molar-refractivity contribution is -0.121. The maximum absolute atomic E-state index is 11.1. The van der Waals surface area contributed by atoms with Gasteiger partial charge >= 0.3 is 0 Å². The summed E-state index contributed by atoms with van der Waals surface area (Å²) in [5.74, 6) is 0.487. The van der Waals surface area contributed by atoms with E-state index in [4.69, 9.17) is 9.47 Å². The summed E-state index contributed by atoms with van der Waals surface area (Å²) >= 11 is 0. The third kappa shape index (κ3) is 1.63. The Hall–Kier alpha value is -0.410. The van der Waals surface area contributed by atoms with Gasteiger partial charge in [0, 0.05) is 19.8 Å². The molecular weight excluding hydrogens is 168 g/mol. The van der Waals surface area contributed by atoms with Crippen LogP contribution in [0.3, 0.4) is 0 Å². The molecule has 0 aromatic rings. The third-order valence-electron chi connectivity index (χ3n) is 3.35. The molecule has 2 fully saturated rings. The van der Waals surface area contributed by atoms with Gasteiger partial charge in [0.2, 0.25) is 0 Å². The summed E-state index contributed by atoms with van der Waals surface area (Å²) in [7, 11) is 0. The van der Waals surface area contributed by atoms with E-state index >= 15 is 0 Å². The molecule has 2 heterocycles. The van der Waals surface area contributed by atoms with Crippen LogP contribution in [0.4, 0.5) is 0 Å². The molecule has 1 atom stereocenters. The van der Waals surface area contributed by atoms with Crippen molar-refractivity contribution in [3.63, 3.8) is 0 Å². The molecule has 0 aliphatic carbocycles. The van der Waals surface area contributed by atoms with Crippen LogP contribution in [0.15, 0.2) is 0 Å². The second-order valence-electron chi connectivity index (χ2n) is 4.04. The molecule has 0 aromatic carbocycles. The fourth-order valence-corrected chi connectivity index (χ4v) is 2.38. The van der Waals surface area contributed by atoms with Gasteiger partial charge < -0.3 is 14.3 Å². The SMILES string of the molecule is O=CC1(C2CCOCC2)CCOC1. The quantitative estimate of drug-likeness (QED) is 0.601. The fraction of sp³-hybridized carbons (Fsp3) is 0.900. The summed E-state index contributed by atoms with van der Waals surface area (Å²) < 4.78 is 10.6. The molecule has 74 valence electrons. The van der Waals surface area contributed by atoms with E-state index in [0.29, 0.717) is 12.5 Å². The molecular formula is C10H16O3. The van der Waals surface area contributed by atoms with Gasteiger partial charge in [0.1, 0.15) is 6.29 Å². The highest BCUT2D eigenvalue weighted by Gasteiger charge is 2.42. The Kier molecular flexibility index (Phi) is 2.65. The van der Waals surface area contributed by atoms with Gasteiger partial charge in [0.25, 0.3) is 0 Å². The fourth-order valence-electron chi connectivity index (χ4n) is 2.38. The first kappa shape index (κ1) is 9.16. The lowest BCUT2D eigenvalue weighted by atomic mass is 9.72. The Morgan fingerprint density at radius 2 is 1.92 bits per heavy atom. The van der Waals surface area contributed by atoms with Crippen molar-refractivity contribution < 1.29 is 14.3 Å². The van der Waals surface area contributed by atoms with E-state index in [9.17, 15) is 4.79 Å². The van der Waals surface area contributed by atoms with E-state index < -0.39 is 0 Å². The molecule has 3 nitrogen and oxygen atoms in total. The van der Waals surface area contributed by atoms with Gasteiger partial charge in [-0.2, -0.15) is 0 Å². The van der Waals surface area contributed by atoms with Crippen LogP contribution in [0.5, 0.6) is 0 Å². The zero-order chi connectivity index (χ0) is 9.15. The first-order valence-electron chi connectivity index (χ1n) is 4.99. The van der Waals surface area contributed by atoms with Crippen molar-refractivity contribution in [3.05, 3.63) is 0 Å². The van der Waals surface area contributed by atoms with Crippen LogP contribution >= 0.6 is 0 Å². The molecule has 0 amide bonds. The van der Waals surface area contributed by atoms with Crippen LogP contribution < -0.4 is 0 Å². The van der Waals surface area contributed by atoms with E-state index in [0.717, 1.165) is 45.4 Å². The number of hydrogen-bond acceptors (Lipinski definition) is 3. The van der Waals surface area contributed by atoms with Crippen molar-refractivity contribution in [1.82, 2.24) is 0 Å². The van der Waals surface area contributed by atoms with Gasteiger partial charge in [0.05, 0.1) is 12.0 Å². The molecule has 0 bridgehead atoms. The predicted molar refractivity (Wildman–Crippen MR) is 47.5 cm³/mol. The average molecular weight is 184 g/mol. The van der Waals surface area contributed by atoms with Crippen LogP contribution in [0.1, 0.15) is 19.3 Å². The highest BCUT2D eigenvalue weighted by molar-refractivity contribution is 5.60. The van der Waals surface area contributed by atoms with Crippen LogP contribution in [0, 0.1) is 11.3 Å². The zero-order valence-electron chi connectivity index (χ0n) is 7.83. The minimum absolute atomic E-state index is 0.177. The van der Waals surface area contributed by atoms with Crippen LogP contribution in [0.25, 0.3) is 0 Å². The second-order valence-corrected chi connectivity index (χ2v) is 4.04. The highest BCUT2D eigenvalue weighted by atomic mass is 16.5. The van der Waals surface area contributed by atoms with Gasteiger partial charge in [-0.05, 0) is 25.2 Å². The summed E-state index contributed by atoms with van der Waals surface area (Å²) in [6, 6.07) is 0. The lowest BCUT2D eigenvalue weighted by Crippen LogP contribution is -2.36. The molecule has 2 aliphatic rings. The summed E-state index contributed by atoms with van der Waals surface area (Å²) in [6.07, 6.45) is 4.06. The Labute approximate surface area is 78.4 Å². The van der Waals surface area contributed by atoms with E-state index in [1.807, 2.05) is 0 Å². The van der Waals surface area contributed by atoms with Crippen molar-refractivity contribution in [2.24, 2.45) is 11.3 Å². The van der Waals surface area contributed by atoms with Crippen LogP contribution in [0.2, 0.25) is 0 Å². The molecule has 13 heavy (non-hydrogen) atoms. The Balaban J connectivity index is 2.05. The number of carbonyl (C=O) groups is 1. The molecule has 0 aromatic heterocycles. The standard InChI is InChI=1S/C10H16O3/c11-7-10(3-6-13-8-10)9-1-4-12-5-2-9/h7,9H,1-6,8H2. The molecule has 2 aliphatic heterocycles. The van der Waals surface area contributed by atoms with Crippen LogP contribution in [-0.4, -0.2) is 32.7 Å². The van der Waals surface area contributed by atoms with Crippen molar-refractivity contribution in [1.29, 1.82) is 0 Å². The lowest BCUT2D eigenvalue weighted by Gasteiger charge is -2.33. The third-order valence-corrected chi connectivity index (χ3v) is 3.35. The average Bonchev–Trinajstić information content (AvgIpc) is 2.69. The van der Waals surface area contributed by atoms with Gasteiger partial charge in [-0.25, -0.2) is 0 Å². The van der Waals surface area contributed by atoms with E-state index in [-0.39, 0.29) is 5.41 Å². The first-order valence-corrected chi connectivity index (χ1v) is 4.99. The highest BCUT2D eigenvalue weighted by Crippen LogP contribution is 2.39. The number of aldehydes is 1. The number of ether oxygens (including phenoxy) is 2. The molecule has 1 unspecified atom stereocenters. The number of carbonyl (C=O) groups excluding carboxylic acids is 1. The Morgan fingerprint density at radius 3 is 2.46 bits per heavy atom. The van der Waals surface area contributed by atoms with E-state index in [2.05, 4.69) is 0 Å². The maximum Gasteiger partial charge on any atom is 0.128 e. The van der Waals surface area contributed by atoms with Crippen molar-refractivity contribution >= 4 is 6.29 Å². The first-order chi connectivity index (χ1) is 6.37. The summed E-state index contributed by atoms with van der Waals surface area (Å²) in [4.78, 5) is 11.1. The normalized spacial score (nSPS) is 36.3. The number of hydrogen-bond donors (Lipinski definition) is 0. The Morgan fingerprint density at radius 1 is 1.15 bits per heavy atom.